The van der Waals surface area contributed by atoms with Crippen LogP contribution in [0.15, 0.2) is 64.1 Å². The monoisotopic (exact) mass is 422 g/mol. The quantitative estimate of drug-likeness (QED) is 0.608. The molecule has 5 nitrogen and oxygen atoms in total. The fraction of sp³-hybridized carbons (Fsp3) is 0.222. The SMILES string of the molecule is CN(C)CCOc1cn(S(=O)(=O)c2ccc(Br)cc2)c2ccccc12. The summed E-state index contributed by atoms with van der Waals surface area (Å²) < 4.78 is 34.0. The summed E-state index contributed by atoms with van der Waals surface area (Å²) in [5.74, 6) is 0.568. The van der Waals surface area contributed by atoms with E-state index in [0.717, 1.165) is 16.4 Å². The number of benzene rings is 2. The lowest BCUT2D eigenvalue weighted by Crippen LogP contribution is -2.19. The summed E-state index contributed by atoms with van der Waals surface area (Å²) >= 11 is 3.33. The minimum absolute atomic E-state index is 0.233. The van der Waals surface area contributed by atoms with Gasteiger partial charge in [-0.15, -0.1) is 0 Å². The molecular weight excluding hydrogens is 404 g/mol. The van der Waals surface area contributed by atoms with Crippen molar-refractivity contribution in [1.82, 2.24) is 8.87 Å². The zero-order valence-electron chi connectivity index (χ0n) is 14.0. The second-order valence-electron chi connectivity index (χ2n) is 5.92. The Morgan fingerprint density at radius 2 is 1.76 bits per heavy atom. The summed E-state index contributed by atoms with van der Waals surface area (Å²) in [5.41, 5.74) is 0.602. The van der Waals surface area contributed by atoms with Gasteiger partial charge in [0.1, 0.15) is 12.4 Å². The Morgan fingerprint density at radius 1 is 1.08 bits per heavy atom. The van der Waals surface area contributed by atoms with E-state index in [4.69, 9.17) is 4.74 Å². The minimum Gasteiger partial charge on any atom is -0.490 e. The van der Waals surface area contributed by atoms with Gasteiger partial charge in [0.15, 0.2) is 0 Å². The number of hydrogen-bond acceptors (Lipinski definition) is 4. The highest BCUT2D eigenvalue weighted by Gasteiger charge is 2.21. The highest BCUT2D eigenvalue weighted by molar-refractivity contribution is 9.10. The van der Waals surface area contributed by atoms with Crippen molar-refractivity contribution >= 4 is 36.9 Å². The number of hydrogen-bond donors (Lipinski definition) is 0. The lowest BCUT2D eigenvalue weighted by atomic mass is 10.2. The molecule has 0 spiro atoms. The maximum Gasteiger partial charge on any atom is 0.268 e. The molecule has 0 aliphatic rings. The molecule has 0 amide bonds. The molecule has 0 fully saturated rings. The summed E-state index contributed by atoms with van der Waals surface area (Å²) in [6.07, 6.45) is 1.55. The number of para-hydroxylation sites is 1. The Kier molecular flexibility index (Phi) is 5.17. The van der Waals surface area contributed by atoms with Crippen LogP contribution < -0.4 is 4.74 Å². The third kappa shape index (κ3) is 3.73. The molecule has 25 heavy (non-hydrogen) atoms. The van der Waals surface area contributed by atoms with E-state index in [0.29, 0.717) is 17.9 Å². The third-order valence-electron chi connectivity index (χ3n) is 3.81. The Morgan fingerprint density at radius 3 is 2.44 bits per heavy atom. The van der Waals surface area contributed by atoms with E-state index >= 15 is 0 Å². The van der Waals surface area contributed by atoms with Crippen LogP contribution in [0.3, 0.4) is 0 Å². The molecule has 0 N–H and O–H groups in total. The fourth-order valence-corrected chi connectivity index (χ4v) is 4.12. The van der Waals surface area contributed by atoms with E-state index in [2.05, 4.69) is 15.9 Å². The van der Waals surface area contributed by atoms with Crippen molar-refractivity contribution < 1.29 is 13.2 Å². The summed E-state index contributed by atoms with van der Waals surface area (Å²) in [5, 5.41) is 0.780. The molecule has 0 unspecified atom stereocenters. The molecule has 0 radical (unpaired) electrons. The van der Waals surface area contributed by atoms with Crippen LogP contribution in [-0.4, -0.2) is 44.5 Å². The molecule has 3 rings (SSSR count). The molecule has 1 heterocycles. The highest BCUT2D eigenvalue weighted by Crippen LogP contribution is 2.31. The maximum absolute atomic E-state index is 13.0. The van der Waals surface area contributed by atoms with Crippen LogP contribution in [0.5, 0.6) is 5.75 Å². The van der Waals surface area contributed by atoms with E-state index in [-0.39, 0.29) is 4.90 Å². The largest absolute Gasteiger partial charge is 0.490 e. The molecule has 0 aliphatic heterocycles. The lowest BCUT2D eigenvalue weighted by molar-refractivity contribution is 0.263. The summed E-state index contributed by atoms with van der Waals surface area (Å²) in [7, 11) is 0.228. The van der Waals surface area contributed by atoms with Crippen molar-refractivity contribution in [2.24, 2.45) is 0 Å². The zero-order valence-corrected chi connectivity index (χ0v) is 16.4. The molecule has 2 aromatic carbocycles. The van der Waals surface area contributed by atoms with Crippen molar-refractivity contribution in [2.45, 2.75) is 4.90 Å². The molecule has 3 aromatic rings. The summed E-state index contributed by atoms with van der Waals surface area (Å²) in [4.78, 5) is 2.24. The van der Waals surface area contributed by atoms with E-state index in [9.17, 15) is 8.42 Å². The Balaban J connectivity index is 2.05. The first-order valence-electron chi connectivity index (χ1n) is 7.78. The molecule has 132 valence electrons. The van der Waals surface area contributed by atoms with E-state index in [1.54, 1.807) is 36.5 Å². The van der Waals surface area contributed by atoms with Crippen LogP contribution in [0.4, 0.5) is 0 Å². The van der Waals surface area contributed by atoms with E-state index < -0.39 is 10.0 Å². The lowest BCUT2D eigenvalue weighted by Gasteiger charge is -2.10. The highest BCUT2D eigenvalue weighted by atomic mass is 79.9. The van der Waals surface area contributed by atoms with Crippen LogP contribution in [0.2, 0.25) is 0 Å². The number of ether oxygens (including phenoxy) is 1. The normalized spacial score (nSPS) is 12.0. The molecule has 0 saturated carbocycles. The van der Waals surface area contributed by atoms with E-state index in [1.165, 1.54) is 3.97 Å². The average molecular weight is 423 g/mol. The van der Waals surface area contributed by atoms with Crippen LogP contribution >= 0.6 is 15.9 Å². The topological polar surface area (TPSA) is 51.5 Å². The second-order valence-corrected chi connectivity index (χ2v) is 8.65. The smallest absolute Gasteiger partial charge is 0.268 e. The molecule has 0 atom stereocenters. The first-order chi connectivity index (χ1) is 11.9. The van der Waals surface area contributed by atoms with Gasteiger partial charge in [-0.25, -0.2) is 12.4 Å². The van der Waals surface area contributed by atoms with Gasteiger partial charge in [0.2, 0.25) is 0 Å². The standard InChI is InChI=1S/C18H19BrN2O3S/c1-20(2)11-12-24-18-13-21(17-6-4-3-5-16(17)18)25(22,23)15-9-7-14(19)8-10-15/h3-10,13H,11-12H2,1-2H3. The van der Waals surface area contributed by atoms with Crippen LogP contribution in [-0.2, 0) is 10.0 Å². The first kappa shape index (κ1) is 18.0. The zero-order chi connectivity index (χ0) is 18.0. The minimum atomic E-state index is -3.70. The van der Waals surface area contributed by atoms with Gasteiger partial charge >= 0.3 is 0 Å². The Hall–Kier alpha value is -1.83. The molecular formula is C18H19BrN2O3S. The van der Waals surface area contributed by atoms with Gasteiger partial charge < -0.3 is 9.64 Å². The number of nitrogens with zero attached hydrogens (tertiary/aromatic N) is 2. The number of likely N-dealkylation sites (N-methyl/N-ethyl adjacent to an activating group) is 1. The van der Waals surface area contributed by atoms with Crippen molar-refractivity contribution in [1.29, 1.82) is 0 Å². The Labute approximate surface area is 156 Å². The van der Waals surface area contributed by atoms with Gasteiger partial charge in [-0.2, -0.15) is 0 Å². The van der Waals surface area contributed by atoms with Crippen molar-refractivity contribution in [3.05, 3.63) is 59.2 Å². The first-order valence-corrected chi connectivity index (χ1v) is 10.0. The van der Waals surface area contributed by atoms with Gasteiger partial charge in [0.05, 0.1) is 16.6 Å². The van der Waals surface area contributed by atoms with E-state index in [1.807, 2.05) is 37.2 Å². The number of halogens is 1. The Bertz CT molecular complexity index is 979. The van der Waals surface area contributed by atoms with Gasteiger partial charge in [-0.05, 0) is 50.5 Å². The predicted molar refractivity (Wildman–Crippen MR) is 103 cm³/mol. The van der Waals surface area contributed by atoms with Crippen LogP contribution in [0.25, 0.3) is 10.9 Å². The van der Waals surface area contributed by atoms with Gasteiger partial charge in [0.25, 0.3) is 10.0 Å². The molecule has 0 aliphatic carbocycles. The number of fused-ring (bicyclic) bond motifs is 1. The van der Waals surface area contributed by atoms with Gasteiger partial charge in [-0.1, -0.05) is 28.1 Å². The van der Waals surface area contributed by atoms with Gasteiger partial charge in [-0.3, -0.25) is 0 Å². The fourth-order valence-electron chi connectivity index (χ4n) is 2.49. The molecule has 0 bridgehead atoms. The van der Waals surface area contributed by atoms with Crippen molar-refractivity contribution in [3.8, 4) is 5.75 Å². The summed E-state index contributed by atoms with van der Waals surface area (Å²) in [6, 6.07) is 13.9. The van der Waals surface area contributed by atoms with Crippen LogP contribution in [0.1, 0.15) is 0 Å². The van der Waals surface area contributed by atoms with Crippen molar-refractivity contribution in [3.63, 3.8) is 0 Å². The molecule has 1 aromatic heterocycles. The predicted octanol–water partition coefficient (Wildman–Crippen LogP) is 3.58. The molecule has 7 heteroatoms. The van der Waals surface area contributed by atoms with Crippen molar-refractivity contribution in [2.75, 3.05) is 27.2 Å². The average Bonchev–Trinajstić information content (AvgIpc) is 2.95. The van der Waals surface area contributed by atoms with Gasteiger partial charge in [0, 0.05) is 16.4 Å². The third-order valence-corrected chi connectivity index (χ3v) is 6.02. The maximum atomic E-state index is 13.0. The number of aromatic nitrogens is 1. The molecule has 0 saturated heterocycles. The van der Waals surface area contributed by atoms with Crippen LogP contribution in [0, 0.1) is 0 Å². The second kappa shape index (κ2) is 7.19. The number of rotatable bonds is 6. The summed E-state index contributed by atoms with van der Waals surface area (Å²) in [6.45, 7) is 1.23.